The van der Waals surface area contributed by atoms with Gasteiger partial charge in [0.05, 0.1) is 0 Å². The molecule has 1 aliphatic heterocycles. The lowest BCUT2D eigenvalue weighted by atomic mass is 9.91. The fraction of sp³-hybridized carbons (Fsp3) is 0.846. The van der Waals surface area contributed by atoms with Gasteiger partial charge in [-0.3, -0.25) is 9.59 Å². The Morgan fingerprint density at radius 2 is 1.94 bits per heavy atom. The number of piperazine rings is 1. The van der Waals surface area contributed by atoms with Crippen LogP contribution in [0.2, 0.25) is 0 Å². The molecular weight excluding hydrogens is 235 g/mol. The molecule has 0 spiro atoms. The van der Waals surface area contributed by atoms with Crippen LogP contribution >= 0.6 is 0 Å². The predicted octanol–water partition coefficient (Wildman–Crippen LogP) is 1.35. The number of halogens is 1. The number of hydrogen-bond acceptors (Lipinski definition) is 2. The molecule has 104 valence electrons. The van der Waals surface area contributed by atoms with Crippen molar-refractivity contribution >= 4 is 11.8 Å². The van der Waals surface area contributed by atoms with Crippen LogP contribution in [-0.2, 0) is 9.59 Å². The largest absolute Gasteiger partial charge is 0.342 e. The van der Waals surface area contributed by atoms with Gasteiger partial charge in [0.1, 0.15) is 18.8 Å². The SMILES string of the molecule is CCC(C)C1NC(=O)C(C(C)C)N(CCF)C1=O. The van der Waals surface area contributed by atoms with E-state index in [1.165, 1.54) is 4.90 Å². The van der Waals surface area contributed by atoms with Gasteiger partial charge in [-0.2, -0.15) is 0 Å². The summed E-state index contributed by atoms with van der Waals surface area (Å²) in [6, 6.07) is -1.06. The maximum absolute atomic E-state index is 12.6. The lowest BCUT2D eigenvalue weighted by molar-refractivity contribution is -0.152. The number of carbonyl (C=O) groups is 2. The monoisotopic (exact) mass is 258 g/mol. The smallest absolute Gasteiger partial charge is 0.246 e. The number of nitrogens with zero attached hydrogens (tertiary/aromatic N) is 1. The second-order valence-corrected chi connectivity index (χ2v) is 5.28. The first-order chi connectivity index (χ1) is 8.43. The van der Waals surface area contributed by atoms with Crippen molar-refractivity contribution in [1.82, 2.24) is 10.2 Å². The minimum atomic E-state index is -0.616. The number of hydrogen-bond donors (Lipinski definition) is 1. The summed E-state index contributed by atoms with van der Waals surface area (Å²) in [4.78, 5) is 25.8. The Labute approximate surface area is 108 Å². The minimum absolute atomic E-state index is 0.00202. The maximum Gasteiger partial charge on any atom is 0.246 e. The van der Waals surface area contributed by atoms with Crippen LogP contribution in [-0.4, -0.2) is 42.0 Å². The number of carbonyl (C=O) groups excluding carboxylic acids is 2. The molecule has 0 aromatic heterocycles. The maximum atomic E-state index is 12.6. The van der Waals surface area contributed by atoms with Gasteiger partial charge in [-0.15, -0.1) is 0 Å². The van der Waals surface area contributed by atoms with Crippen molar-refractivity contribution in [3.8, 4) is 0 Å². The van der Waals surface area contributed by atoms with Crippen molar-refractivity contribution in [3.05, 3.63) is 0 Å². The topological polar surface area (TPSA) is 49.4 Å². The predicted molar refractivity (Wildman–Crippen MR) is 67.7 cm³/mol. The van der Waals surface area contributed by atoms with Crippen LogP contribution in [0.5, 0.6) is 0 Å². The van der Waals surface area contributed by atoms with Gasteiger partial charge in [0.2, 0.25) is 11.8 Å². The van der Waals surface area contributed by atoms with E-state index >= 15 is 0 Å². The Morgan fingerprint density at radius 3 is 2.39 bits per heavy atom. The Kier molecular flexibility index (Phi) is 5.11. The van der Waals surface area contributed by atoms with Gasteiger partial charge in [0.15, 0.2) is 0 Å². The summed E-state index contributed by atoms with van der Waals surface area (Å²) in [7, 11) is 0. The lowest BCUT2D eigenvalue weighted by Crippen LogP contribution is -2.66. The standard InChI is InChI=1S/C13H23FN2O2/c1-5-9(4)10-13(18)16(7-6-14)11(8(2)3)12(17)15-10/h8-11H,5-7H2,1-4H3,(H,15,17). The van der Waals surface area contributed by atoms with Crippen molar-refractivity contribution in [2.45, 2.75) is 46.2 Å². The van der Waals surface area contributed by atoms with Crippen molar-refractivity contribution in [2.24, 2.45) is 11.8 Å². The zero-order chi connectivity index (χ0) is 13.9. The molecule has 2 amide bonds. The summed E-state index contributed by atoms with van der Waals surface area (Å²) in [6.07, 6.45) is 0.798. The summed E-state index contributed by atoms with van der Waals surface area (Å²) >= 11 is 0. The van der Waals surface area contributed by atoms with Gasteiger partial charge in [0.25, 0.3) is 0 Å². The molecule has 1 saturated heterocycles. The second-order valence-electron chi connectivity index (χ2n) is 5.28. The summed E-state index contributed by atoms with van der Waals surface area (Å²) in [6.45, 7) is 7.01. The van der Waals surface area contributed by atoms with Gasteiger partial charge in [-0.05, 0) is 11.8 Å². The normalized spacial score (nSPS) is 26.4. The first kappa shape index (κ1) is 14.9. The van der Waals surface area contributed by atoms with Crippen LogP contribution in [0.25, 0.3) is 0 Å². The van der Waals surface area contributed by atoms with Gasteiger partial charge in [-0.25, -0.2) is 4.39 Å². The van der Waals surface area contributed by atoms with Crippen LogP contribution < -0.4 is 5.32 Å². The van der Waals surface area contributed by atoms with E-state index in [2.05, 4.69) is 5.32 Å². The molecule has 0 bridgehead atoms. The number of nitrogens with one attached hydrogen (secondary N) is 1. The average Bonchev–Trinajstić information content (AvgIpc) is 2.32. The Bertz CT molecular complexity index is 320. The van der Waals surface area contributed by atoms with Crippen LogP contribution in [0.4, 0.5) is 4.39 Å². The molecule has 1 aliphatic rings. The molecule has 5 heteroatoms. The van der Waals surface area contributed by atoms with E-state index in [0.29, 0.717) is 0 Å². The highest BCUT2D eigenvalue weighted by Gasteiger charge is 2.43. The highest BCUT2D eigenvalue weighted by Crippen LogP contribution is 2.21. The van der Waals surface area contributed by atoms with Gasteiger partial charge in [-0.1, -0.05) is 34.1 Å². The van der Waals surface area contributed by atoms with Gasteiger partial charge < -0.3 is 10.2 Å². The fourth-order valence-electron chi connectivity index (χ4n) is 2.38. The third-order valence-corrected chi connectivity index (χ3v) is 3.62. The van der Waals surface area contributed by atoms with Crippen LogP contribution in [0.1, 0.15) is 34.1 Å². The molecule has 18 heavy (non-hydrogen) atoms. The lowest BCUT2D eigenvalue weighted by Gasteiger charge is -2.42. The number of rotatable bonds is 5. The summed E-state index contributed by atoms with van der Waals surface area (Å²) in [5.74, 6) is -0.265. The van der Waals surface area contributed by atoms with E-state index < -0.39 is 18.8 Å². The van der Waals surface area contributed by atoms with Gasteiger partial charge in [0, 0.05) is 6.54 Å². The number of amides is 2. The Hall–Kier alpha value is -1.13. The molecule has 0 radical (unpaired) electrons. The first-order valence-corrected chi connectivity index (χ1v) is 6.60. The first-order valence-electron chi connectivity index (χ1n) is 6.60. The molecule has 0 aromatic carbocycles. The van der Waals surface area contributed by atoms with Crippen LogP contribution in [0.3, 0.4) is 0 Å². The third kappa shape index (κ3) is 2.82. The molecule has 3 atom stereocenters. The molecule has 1 rings (SSSR count). The molecule has 0 aliphatic carbocycles. The molecule has 0 aromatic rings. The third-order valence-electron chi connectivity index (χ3n) is 3.62. The molecule has 0 saturated carbocycles. The number of alkyl halides is 1. The van der Waals surface area contributed by atoms with Gasteiger partial charge >= 0.3 is 0 Å². The van der Waals surface area contributed by atoms with Crippen molar-refractivity contribution < 1.29 is 14.0 Å². The minimum Gasteiger partial charge on any atom is -0.342 e. The average molecular weight is 258 g/mol. The molecule has 1 heterocycles. The van der Waals surface area contributed by atoms with Crippen LogP contribution in [0.15, 0.2) is 0 Å². The van der Waals surface area contributed by atoms with E-state index in [4.69, 9.17) is 0 Å². The zero-order valence-electron chi connectivity index (χ0n) is 11.6. The molecule has 1 fully saturated rings. The molecule has 1 N–H and O–H groups in total. The quantitative estimate of drug-likeness (QED) is 0.809. The van der Waals surface area contributed by atoms with E-state index in [-0.39, 0.29) is 30.2 Å². The fourth-order valence-corrected chi connectivity index (χ4v) is 2.38. The molecule has 3 unspecified atom stereocenters. The van der Waals surface area contributed by atoms with E-state index in [9.17, 15) is 14.0 Å². The zero-order valence-corrected chi connectivity index (χ0v) is 11.6. The van der Waals surface area contributed by atoms with Crippen molar-refractivity contribution in [3.63, 3.8) is 0 Å². The summed E-state index contributed by atoms with van der Waals surface area (Å²) in [5.41, 5.74) is 0. The molecule has 4 nitrogen and oxygen atoms in total. The van der Waals surface area contributed by atoms with E-state index in [1.807, 2.05) is 27.7 Å². The highest BCUT2D eigenvalue weighted by molar-refractivity contribution is 5.97. The highest BCUT2D eigenvalue weighted by atomic mass is 19.1. The second kappa shape index (κ2) is 6.16. The van der Waals surface area contributed by atoms with E-state index in [0.717, 1.165) is 6.42 Å². The van der Waals surface area contributed by atoms with Crippen LogP contribution in [0, 0.1) is 11.8 Å². The van der Waals surface area contributed by atoms with Crippen molar-refractivity contribution in [2.75, 3.05) is 13.2 Å². The van der Waals surface area contributed by atoms with E-state index in [1.54, 1.807) is 0 Å². The summed E-state index contributed by atoms with van der Waals surface area (Å²) in [5, 5.41) is 2.78. The Morgan fingerprint density at radius 1 is 1.33 bits per heavy atom. The van der Waals surface area contributed by atoms with Crippen molar-refractivity contribution in [1.29, 1.82) is 0 Å². The summed E-state index contributed by atoms with van der Waals surface area (Å²) < 4.78 is 12.6. The molecular formula is C13H23FN2O2. The Balaban J connectivity index is 2.97.